The molecule has 0 spiro atoms. The molecule has 2 aromatic heterocycles. The summed E-state index contributed by atoms with van der Waals surface area (Å²) < 4.78 is 47.1. The molecular weight excluding hydrogens is 385 g/mol. The monoisotopic (exact) mass is 406 g/mol. The number of hydrogen-bond donors (Lipinski definition) is 0. The van der Waals surface area contributed by atoms with Crippen LogP contribution in [0.5, 0.6) is 5.75 Å². The largest absolute Gasteiger partial charge is 0.490 e. The lowest BCUT2D eigenvalue weighted by molar-refractivity contribution is -0.139. The van der Waals surface area contributed by atoms with Gasteiger partial charge in [0.25, 0.3) is 5.56 Å². The fraction of sp³-hybridized carbons (Fsp3) is 0.400. The lowest BCUT2D eigenvalue weighted by Crippen LogP contribution is -2.41. The Labute approximate surface area is 165 Å². The molecule has 4 rings (SSSR count). The van der Waals surface area contributed by atoms with Crippen molar-refractivity contribution in [3.63, 3.8) is 0 Å². The zero-order valence-electron chi connectivity index (χ0n) is 15.9. The number of benzene rings is 1. The molecule has 3 aromatic rings. The molecule has 6 nitrogen and oxygen atoms in total. The van der Waals surface area contributed by atoms with Gasteiger partial charge in [0, 0.05) is 57.0 Å². The van der Waals surface area contributed by atoms with Crippen molar-refractivity contribution in [3.8, 4) is 5.75 Å². The van der Waals surface area contributed by atoms with Crippen LogP contribution >= 0.6 is 0 Å². The first-order valence-corrected chi connectivity index (χ1v) is 9.40. The molecule has 29 heavy (non-hydrogen) atoms. The minimum Gasteiger partial charge on any atom is -0.490 e. The summed E-state index contributed by atoms with van der Waals surface area (Å²) in [5, 5.41) is 0.665. The number of anilines is 1. The van der Waals surface area contributed by atoms with E-state index >= 15 is 0 Å². The fourth-order valence-corrected chi connectivity index (χ4v) is 3.70. The van der Waals surface area contributed by atoms with Gasteiger partial charge in [-0.2, -0.15) is 13.2 Å². The van der Waals surface area contributed by atoms with Gasteiger partial charge in [-0.1, -0.05) is 6.07 Å². The van der Waals surface area contributed by atoms with Gasteiger partial charge >= 0.3 is 6.18 Å². The Bertz CT molecular complexity index is 1070. The minimum absolute atomic E-state index is 0.0737. The van der Waals surface area contributed by atoms with Gasteiger partial charge in [0.15, 0.2) is 5.82 Å². The van der Waals surface area contributed by atoms with Gasteiger partial charge in [-0.15, -0.1) is 0 Å². The van der Waals surface area contributed by atoms with Crippen LogP contribution < -0.4 is 15.2 Å². The van der Waals surface area contributed by atoms with Gasteiger partial charge in [-0.25, -0.2) is 4.98 Å². The van der Waals surface area contributed by atoms with Crippen molar-refractivity contribution in [2.75, 3.05) is 18.0 Å². The van der Waals surface area contributed by atoms with Crippen LogP contribution in [-0.4, -0.2) is 39.5 Å². The second kappa shape index (κ2) is 7.46. The Hall–Kier alpha value is -2.97. The Morgan fingerprint density at radius 2 is 1.93 bits per heavy atom. The highest BCUT2D eigenvalue weighted by Crippen LogP contribution is 2.31. The van der Waals surface area contributed by atoms with Gasteiger partial charge in [-0.3, -0.25) is 4.79 Å². The summed E-state index contributed by atoms with van der Waals surface area (Å²) in [4.78, 5) is 18.4. The molecule has 1 saturated heterocycles. The molecule has 1 aliphatic rings. The molecule has 0 N–H and O–H groups in total. The lowest BCUT2D eigenvalue weighted by Gasteiger charge is -2.32. The van der Waals surface area contributed by atoms with Crippen LogP contribution in [0.1, 0.15) is 12.8 Å². The van der Waals surface area contributed by atoms with Crippen molar-refractivity contribution >= 4 is 16.7 Å². The summed E-state index contributed by atoms with van der Waals surface area (Å²) in [5.41, 5.74) is 0.358. The van der Waals surface area contributed by atoms with Gasteiger partial charge in [0.2, 0.25) is 0 Å². The standard InChI is InChI=1S/C20H21F3N4O2/c1-25-12-8-24-18(19(25)28)26-9-5-14(6-10-26)29-17-4-2-3-16-15(17)7-11-27(16)13-20(21,22)23/h2-4,7-8,11-12,14H,5-6,9-10,13H2,1H3. The van der Waals surface area contributed by atoms with Crippen molar-refractivity contribution in [2.24, 2.45) is 7.05 Å². The molecule has 1 aliphatic heterocycles. The lowest BCUT2D eigenvalue weighted by atomic mass is 10.1. The average Bonchev–Trinajstić information content (AvgIpc) is 3.07. The zero-order valence-corrected chi connectivity index (χ0v) is 15.9. The molecule has 0 amide bonds. The van der Waals surface area contributed by atoms with E-state index in [1.807, 2.05) is 4.90 Å². The predicted molar refractivity (Wildman–Crippen MR) is 103 cm³/mol. The molecule has 154 valence electrons. The second-order valence-electron chi connectivity index (χ2n) is 7.22. The first kappa shape index (κ1) is 19.4. The number of halogens is 3. The van der Waals surface area contributed by atoms with Gasteiger partial charge < -0.3 is 18.8 Å². The summed E-state index contributed by atoms with van der Waals surface area (Å²) in [7, 11) is 1.69. The van der Waals surface area contributed by atoms with Crippen LogP contribution in [0.4, 0.5) is 19.0 Å². The number of nitrogens with zero attached hydrogens (tertiary/aromatic N) is 4. The second-order valence-corrected chi connectivity index (χ2v) is 7.22. The van der Waals surface area contributed by atoms with Crippen LogP contribution in [0.3, 0.4) is 0 Å². The molecule has 1 fully saturated rings. The van der Waals surface area contributed by atoms with E-state index in [9.17, 15) is 18.0 Å². The molecule has 0 atom stereocenters. The molecule has 0 radical (unpaired) electrons. The van der Waals surface area contributed by atoms with Gasteiger partial charge in [-0.05, 0) is 18.2 Å². The quantitative estimate of drug-likeness (QED) is 0.667. The first-order chi connectivity index (χ1) is 13.8. The third-order valence-electron chi connectivity index (χ3n) is 5.16. The summed E-state index contributed by atoms with van der Waals surface area (Å²) in [6, 6.07) is 6.80. The highest BCUT2D eigenvalue weighted by molar-refractivity contribution is 5.86. The maximum absolute atomic E-state index is 12.8. The molecule has 9 heteroatoms. The molecule has 3 heterocycles. The first-order valence-electron chi connectivity index (χ1n) is 9.40. The van der Waals surface area contributed by atoms with Crippen LogP contribution in [0.2, 0.25) is 0 Å². The molecule has 0 bridgehead atoms. The van der Waals surface area contributed by atoms with E-state index in [2.05, 4.69) is 4.98 Å². The van der Waals surface area contributed by atoms with Crippen LogP contribution in [-0.2, 0) is 13.6 Å². The Morgan fingerprint density at radius 1 is 1.17 bits per heavy atom. The summed E-state index contributed by atoms with van der Waals surface area (Å²) in [6.07, 6.45) is 1.69. The number of alkyl halides is 3. The van der Waals surface area contributed by atoms with Crippen LogP contribution in [0.25, 0.3) is 10.9 Å². The average molecular weight is 406 g/mol. The van der Waals surface area contributed by atoms with Crippen LogP contribution in [0, 0.1) is 0 Å². The Balaban J connectivity index is 1.46. The smallest absolute Gasteiger partial charge is 0.406 e. The fourth-order valence-electron chi connectivity index (χ4n) is 3.70. The Kier molecular flexibility index (Phi) is 4.97. The maximum atomic E-state index is 12.8. The van der Waals surface area contributed by atoms with E-state index in [-0.39, 0.29) is 11.7 Å². The highest BCUT2D eigenvalue weighted by Gasteiger charge is 2.29. The highest BCUT2D eigenvalue weighted by atomic mass is 19.4. The number of rotatable bonds is 4. The molecule has 0 aliphatic carbocycles. The van der Waals surface area contributed by atoms with Crippen molar-refractivity contribution in [1.29, 1.82) is 0 Å². The molecular formula is C20H21F3N4O2. The van der Waals surface area contributed by atoms with Gasteiger partial charge in [0.1, 0.15) is 18.4 Å². The number of aryl methyl sites for hydroxylation is 1. The number of hydrogen-bond acceptors (Lipinski definition) is 4. The summed E-state index contributed by atoms with van der Waals surface area (Å²) in [6.45, 7) is 0.224. The summed E-state index contributed by atoms with van der Waals surface area (Å²) in [5.74, 6) is 1.01. The number of ether oxygens (including phenoxy) is 1. The molecule has 1 aromatic carbocycles. The van der Waals surface area contributed by atoms with E-state index < -0.39 is 12.7 Å². The van der Waals surface area contributed by atoms with Crippen molar-refractivity contribution < 1.29 is 17.9 Å². The van der Waals surface area contributed by atoms with E-state index in [0.29, 0.717) is 48.4 Å². The molecule has 0 saturated carbocycles. The molecule has 0 unspecified atom stereocenters. The SMILES string of the molecule is Cn1ccnc(N2CCC(Oc3cccc4c3ccn4CC(F)(F)F)CC2)c1=O. The van der Waals surface area contributed by atoms with E-state index in [1.165, 1.54) is 15.3 Å². The number of piperidine rings is 1. The minimum atomic E-state index is -4.28. The summed E-state index contributed by atoms with van der Waals surface area (Å²) >= 11 is 0. The number of aromatic nitrogens is 3. The number of fused-ring (bicyclic) bond motifs is 1. The third-order valence-corrected chi connectivity index (χ3v) is 5.16. The zero-order chi connectivity index (χ0) is 20.6. The van der Waals surface area contributed by atoms with E-state index in [4.69, 9.17) is 4.74 Å². The van der Waals surface area contributed by atoms with Crippen molar-refractivity contribution in [3.05, 3.63) is 53.2 Å². The van der Waals surface area contributed by atoms with Crippen molar-refractivity contribution in [2.45, 2.75) is 31.7 Å². The Morgan fingerprint density at radius 3 is 2.66 bits per heavy atom. The van der Waals surface area contributed by atoms with Crippen molar-refractivity contribution in [1.82, 2.24) is 14.1 Å². The van der Waals surface area contributed by atoms with E-state index in [0.717, 1.165) is 0 Å². The normalized spacial score (nSPS) is 15.8. The van der Waals surface area contributed by atoms with Gasteiger partial charge in [0.05, 0.1) is 5.52 Å². The maximum Gasteiger partial charge on any atom is 0.406 e. The van der Waals surface area contributed by atoms with Crippen LogP contribution in [0.15, 0.2) is 47.7 Å². The third kappa shape index (κ3) is 4.08. The van der Waals surface area contributed by atoms with E-state index in [1.54, 1.807) is 43.7 Å². The predicted octanol–water partition coefficient (Wildman–Crippen LogP) is 3.35. The topological polar surface area (TPSA) is 52.3 Å².